The van der Waals surface area contributed by atoms with E-state index in [0.717, 1.165) is 6.92 Å². The van der Waals surface area contributed by atoms with Crippen LogP contribution in [0.15, 0.2) is 0 Å². The van der Waals surface area contributed by atoms with Crippen molar-refractivity contribution < 1.29 is 21.5 Å². The zero-order valence-electron chi connectivity index (χ0n) is 4.74. The Morgan fingerprint density at radius 1 is 1.78 bits per heavy atom. The summed E-state index contributed by atoms with van der Waals surface area (Å²) in [5.74, 6) is 0. The molecule has 0 rings (SSSR count). The maximum Gasteiger partial charge on any atom is 0.397 e. The molecule has 0 radical (unpaired) electrons. The van der Waals surface area contributed by atoms with E-state index in [1.54, 1.807) is 0 Å². The van der Waals surface area contributed by atoms with Gasteiger partial charge in [-0.05, 0) is 6.92 Å². The topological polar surface area (TPSA) is 63.6 Å². The summed E-state index contributed by atoms with van der Waals surface area (Å²) >= 11 is 0. The Labute approximate surface area is 52.6 Å². The lowest BCUT2D eigenvalue weighted by Crippen LogP contribution is -2.11. The van der Waals surface area contributed by atoms with Crippen molar-refractivity contribution in [3.63, 3.8) is 0 Å². The number of hydrogen-bond acceptors (Lipinski definition) is 3. The van der Waals surface area contributed by atoms with Crippen LogP contribution >= 0.6 is 0 Å². The summed E-state index contributed by atoms with van der Waals surface area (Å²) in [5.41, 5.74) is 0. The van der Waals surface area contributed by atoms with Gasteiger partial charge in [-0.2, -0.15) is 8.42 Å². The maximum absolute atomic E-state index is 11.7. The molecule has 0 aromatic carbocycles. The molecule has 0 aliphatic heterocycles. The van der Waals surface area contributed by atoms with Crippen LogP contribution in [-0.4, -0.2) is 25.7 Å². The van der Waals surface area contributed by atoms with Crippen molar-refractivity contribution >= 4 is 10.4 Å². The molecule has 56 valence electrons. The number of alkyl halides is 1. The van der Waals surface area contributed by atoms with E-state index < -0.39 is 23.2 Å². The summed E-state index contributed by atoms with van der Waals surface area (Å²) < 4.78 is 42.6. The lowest BCUT2D eigenvalue weighted by Gasteiger charge is -1.98. The van der Waals surface area contributed by atoms with Gasteiger partial charge in [0.25, 0.3) is 0 Å². The van der Waals surface area contributed by atoms with E-state index in [-0.39, 0.29) is 0 Å². The second-order valence-electron chi connectivity index (χ2n) is 1.49. The highest BCUT2D eigenvalue weighted by molar-refractivity contribution is 7.80. The molecule has 1 atom stereocenters. The van der Waals surface area contributed by atoms with Crippen LogP contribution in [0.3, 0.4) is 0 Å². The number of rotatable bonds is 3. The minimum absolute atomic E-state index is 0.640. The van der Waals surface area contributed by atoms with Crippen molar-refractivity contribution in [1.82, 2.24) is 0 Å². The molecule has 9 heavy (non-hydrogen) atoms. The van der Waals surface area contributed by atoms with E-state index >= 15 is 0 Å². The fourth-order valence-electron chi connectivity index (χ4n) is 0.180. The summed E-state index contributed by atoms with van der Waals surface area (Å²) in [4.78, 5) is 0. The Kier molecular flexibility index (Phi) is 3.02. The lowest BCUT2D eigenvalue weighted by atomic mass is 10.5. The summed E-state index contributed by atoms with van der Waals surface area (Å²) in [6.07, 6.45) is -1.40. The maximum atomic E-state index is 11.7. The first-order valence-electron chi connectivity index (χ1n) is 2.18. The van der Waals surface area contributed by atoms with Crippen molar-refractivity contribution in [2.24, 2.45) is 0 Å². The molecule has 4 nitrogen and oxygen atoms in total. The van der Waals surface area contributed by atoms with E-state index in [2.05, 4.69) is 4.18 Å². The Hall–Kier alpha value is -0.200. The van der Waals surface area contributed by atoms with E-state index in [4.69, 9.17) is 4.55 Å². The van der Waals surface area contributed by atoms with Gasteiger partial charge in [0.05, 0.1) is 6.61 Å². The van der Waals surface area contributed by atoms with Gasteiger partial charge in [0.2, 0.25) is 0 Å². The van der Waals surface area contributed by atoms with Crippen molar-refractivity contribution in [2.45, 2.75) is 13.1 Å². The van der Waals surface area contributed by atoms with Crippen LogP contribution in [0, 0.1) is 0 Å². The first-order chi connectivity index (χ1) is 3.92. The molecule has 0 fully saturated rings. The van der Waals surface area contributed by atoms with Crippen LogP contribution in [0.25, 0.3) is 0 Å². The highest BCUT2D eigenvalue weighted by Crippen LogP contribution is 1.92. The molecule has 0 aromatic rings. The second-order valence-corrected chi connectivity index (χ2v) is 2.58. The van der Waals surface area contributed by atoms with Crippen LogP contribution in [0.4, 0.5) is 4.39 Å². The fraction of sp³-hybridized carbons (Fsp3) is 1.00. The lowest BCUT2D eigenvalue weighted by molar-refractivity contribution is 0.193. The Bertz CT molecular complexity index is 161. The summed E-state index contributed by atoms with van der Waals surface area (Å²) in [6.45, 7) is 0.476. The van der Waals surface area contributed by atoms with E-state index in [1.165, 1.54) is 0 Å². The van der Waals surface area contributed by atoms with E-state index in [0.29, 0.717) is 0 Å². The van der Waals surface area contributed by atoms with Gasteiger partial charge in [0.1, 0.15) is 6.17 Å². The van der Waals surface area contributed by atoms with Gasteiger partial charge < -0.3 is 0 Å². The number of hydrogen-bond donors (Lipinski definition) is 1. The average Bonchev–Trinajstić information content (AvgIpc) is 1.59. The molecule has 0 saturated heterocycles. The largest absolute Gasteiger partial charge is 0.397 e. The zero-order valence-corrected chi connectivity index (χ0v) is 5.56. The highest BCUT2D eigenvalue weighted by atomic mass is 32.3. The summed E-state index contributed by atoms with van der Waals surface area (Å²) in [6, 6.07) is 0. The van der Waals surface area contributed by atoms with Crippen molar-refractivity contribution in [3.05, 3.63) is 0 Å². The molecular weight excluding hydrogens is 151 g/mol. The molecule has 6 heteroatoms. The molecule has 0 aliphatic rings. The van der Waals surface area contributed by atoms with Crippen molar-refractivity contribution in [1.29, 1.82) is 0 Å². The Balaban J connectivity index is 3.53. The van der Waals surface area contributed by atoms with Gasteiger partial charge in [-0.25, -0.2) is 8.57 Å². The average molecular weight is 158 g/mol. The zero-order chi connectivity index (χ0) is 7.49. The minimum Gasteiger partial charge on any atom is -0.264 e. The first-order valence-corrected chi connectivity index (χ1v) is 3.54. The fourth-order valence-corrected chi connectivity index (χ4v) is 0.539. The van der Waals surface area contributed by atoms with Crippen LogP contribution < -0.4 is 0 Å². The van der Waals surface area contributed by atoms with Crippen LogP contribution in [0.5, 0.6) is 0 Å². The molecule has 1 N–H and O–H groups in total. The van der Waals surface area contributed by atoms with Crippen molar-refractivity contribution in [3.8, 4) is 0 Å². The molecular formula is C3H7FO4S. The third-order valence-corrected chi connectivity index (χ3v) is 0.881. The normalized spacial score (nSPS) is 15.4. The van der Waals surface area contributed by atoms with Crippen LogP contribution in [-0.2, 0) is 14.6 Å². The Morgan fingerprint density at radius 3 is 2.33 bits per heavy atom. The van der Waals surface area contributed by atoms with Gasteiger partial charge >= 0.3 is 10.4 Å². The molecule has 1 unspecified atom stereocenters. The third kappa shape index (κ3) is 7.80. The predicted octanol–water partition coefficient (Wildman–Crippen LogP) is 0.164. The first kappa shape index (κ1) is 8.80. The van der Waals surface area contributed by atoms with Gasteiger partial charge in [0, 0.05) is 0 Å². The molecule has 0 spiro atoms. The second kappa shape index (κ2) is 3.09. The van der Waals surface area contributed by atoms with E-state index in [9.17, 15) is 12.8 Å². The summed E-state index contributed by atoms with van der Waals surface area (Å²) in [7, 11) is -4.46. The number of halogens is 1. The van der Waals surface area contributed by atoms with Crippen LogP contribution in [0.2, 0.25) is 0 Å². The standard InChI is InChI=1S/C3H7FO4S/c1-3(4)2-8-9(5,6)7/h3H,2H2,1H3,(H,5,6,7). The van der Waals surface area contributed by atoms with Gasteiger partial charge in [-0.3, -0.25) is 4.55 Å². The van der Waals surface area contributed by atoms with E-state index in [1.807, 2.05) is 0 Å². The SMILES string of the molecule is CC(F)COS(=O)(=O)O. The molecule has 0 bridgehead atoms. The molecule has 0 aromatic heterocycles. The van der Waals surface area contributed by atoms with Gasteiger partial charge in [0.15, 0.2) is 0 Å². The predicted molar refractivity (Wildman–Crippen MR) is 28.1 cm³/mol. The van der Waals surface area contributed by atoms with Gasteiger partial charge in [-0.15, -0.1) is 0 Å². The van der Waals surface area contributed by atoms with Crippen molar-refractivity contribution in [2.75, 3.05) is 6.61 Å². The monoisotopic (exact) mass is 158 g/mol. The smallest absolute Gasteiger partial charge is 0.264 e. The summed E-state index contributed by atoms with van der Waals surface area (Å²) in [5, 5.41) is 0. The molecule has 0 heterocycles. The molecule has 0 aliphatic carbocycles. The van der Waals surface area contributed by atoms with Crippen LogP contribution in [0.1, 0.15) is 6.92 Å². The quantitative estimate of drug-likeness (QED) is 0.594. The Morgan fingerprint density at radius 2 is 2.22 bits per heavy atom. The molecule has 0 amide bonds. The molecule has 0 saturated carbocycles. The van der Waals surface area contributed by atoms with Gasteiger partial charge in [-0.1, -0.05) is 0 Å². The highest BCUT2D eigenvalue weighted by Gasteiger charge is 2.06. The third-order valence-electron chi connectivity index (χ3n) is 0.447. The minimum atomic E-state index is -4.46.